The molecule has 0 N–H and O–H groups in total. The van der Waals surface area contributed by atoms with Crippen LogP contribution < -0.4 is 5.46 Å². The van der Waals surface area contributed by atoms with Crippen LogP contribution in [-0.2, 0) is 47.4 Å². The molecule has 0 aliphatic carbocycles. The summed E-state index contributed by atoms with van der Waals surface area (Å²) in [6.07, 6.45) is 0. The number of hydrogen-bond donors (Lipinski definition) is 0. The molecular formula is C30H43BN2O12. The van der Waals surface area contributed by atoms with Crippen LogP contribution in [0.15, 0.2) is 18.2 Å². The Labute approximate surface area is 263 Å². The van der Waals surface area contributed by atoms with Crippen molar-refractivity contribution in [1.82, 2.24) is 9.80 Å². The van der Waals surface area contributed by atoms with E-state index in [0.717, 1.165) is 0 Å². The number of esters is 4. The molecule has 1 saturated heterocycles. The second-order valence-electron chi connectivity index (χ2n) is 11.4. The zero-order chi connectivity index (χ0) is 33.9. The normalized spacial score (nSPS) is 14.7. The van der Waals surface area contributed by atoms with E-state index in [1.54, 1.807) is 12.1 Å². The number of ether oxygens (including phenoxy) is 4. The van der Waals surface area contributed by atoms with Crippen molar-refractivity contribution in [2.24, 2.45) is 0 Å². The highest BCUT2D eigenvalue weighted by Crippen LogP contribution is 2.36. The van der Waals surface area contributed by atoms with Gasteiger partial charge in [-0.2, -0.15) is 0 Å². The van der Waals surface area contributed by atoms with Crippen LogP contribution in [0.4, 0.5) is 0 Å². The van der Waals surface area contributed by atoms with E-state index in [4.69, 9.17) is 28.3 Å². The fraction of sp³-hybridized carbons (Fsp3) is 0.600. The summed E-state index contributed by atoms with van der Waals surface area (Å²) in [5.74, 6) is -3.18. The van der Waals surface area contributed by atoms with Crippen LogP contribution in [0.2, 0.25) is 0 Å². The van der Waals surface area contributed by atoms with Gasteiger partial charge in [-0.3, -0.25) is 28.8 Å². The first kappa shape index (κ1) is 37.2. The molecule has 0 unspecified atom stereocenters. The first-order chi connectivity index (χ1) is 20.9. The van der Waals surface area contributed by atoms with Crippen LogP contribution >= 0.6 is 0 Å². The van der Waals surface area contributed by atoms with Crippen molar-refractivity contribution in [2.45, 2.75) is 66.6 Å². The molecule has 1 aromatic carbocycles. The highest BCUT2D eigenvalue weighted by molar-refractivity contribution is 6.62. The van der Waals surface area contributed by atoms with Gasteiger partial charge in [0, 0.05) is 38.8 Å². The second kappa shape index (κ2) is 16.4. The van der Waals surface area contributed by atoms with Crippen LogP contribution in [0.5, 0.6) is 0 Å². The molecule has 1 aliphatic rings. The summed E-state index contributed by atoms with van der Waals surface area (Å²) in [5.41, 5.74) is -0.862. The van der Waals surface area contributed by atoms with Gasteiger partial charge >= 0.3 is 31.0 Å². The summed E-state index contributed by atoms with van der Waals surface area (Å²) in [5, 5.41) is 0. The maximum absolute atomic E-state index is 13.9. The average molecular weight is 634 g/mol. The van der Waals surface area contributed by atoms with Crippen LogP contribution in [0.3, 0.4) is 0 Å². The fourth-order valence-corrected chi connectivity index (χ4v) is 4.21. The Morgan fingerprint density at radius 3 is 1.13 bits per heavy atom. The summed E-state index contributed by atoms with van der Waals surface area (Å²) in [6, 6.07) is 4.50. The van der Waals surface area contributed by atoms with Crippen molar-refractivity contribution >= 4 is 48.3 Å². The molecule has 0 spiro atoms. The van der Waals surface area contributed by atoms with Crippen molar-refractivity contribution in [2.75, 3.05) is 52.6 Å². The zero-order valence-corrected chi connectivity index (χ0v) is 27.3. The highest BCUT2D eigenvalue weighted by Gasteiger charge is 2.52. The van der Waals surface area contributed by atoms with Gasteiger partial charge < -0.3 is 38.1 Å². The summed E-state index contributed by atoms with van der Waals surface area (Å²) >= 11 is 0. The van der Waals surface area contributed by atoms with E-state index in [-0.39, 0.29) is 63.7 Å². The molecule has 0 radical (unpaired) electrons. The fourth-order valence-electron chi connectivity index (χ4n) is 4.21. The maximum Gasteiger partial charge on any atom is 0.494 e. The number of amides is 2. The SMILES string of the molecule is CC(=O)OCCN(CCOC(C)=O)C(=O)c1cc(B2OC(C)(C)C(C)(C)O2)cc(C(=O)N(CCOC(C)=O)CCOC(C)=O)c1. The molecule has 0 saturated carbocycles. The van der Waals surface area contributed by atoms with E-state index < -0.39 is 54.0 Å². The Morgan fingerprint density at radius 1 is 0.578 bits per heavy atom. The summed E-state index contributed by atoms with van der Waals surface area (Å²) in [6.45, 7) is 12.0. The number of benzene rings is 1. The molecule has 2 rings (SSSR count). The van der Waals surface area contributed by atoms with Gasteiger partial charge in [0.1, 0.15) is 26.4 Å². The van der Waals surface area contributed by atoms with E-state index in [1.807, 2.05) is 27.7 Å². The lowest BCUT2D eigenvalue weighted by Crippen LogP contribution is -2.41. The molecule has 45 heavy (non-hydrogen) atoms. The molecule has 0 bridgehead atoms. The van der Waals surface area contributed by atoms with Crippen molar-refractivity contribution in [3.8, 4) is 0 Å². The first-order valence-corrected chi connectivity index (χ1v) is 14.6. The zero-order valence-electron chi connectivity index (χ0n) is 27.3. The molecule has 0 atom stereocenters. The molecule has 15 heteroatoms. The Morgan fingerprint density at radius 2 is 0.867 bits per heavy atom. The van der Waals surface area contributed by atoms with Gasteiger partial charge in [0.15, 0.2) is 0 Å². The molecular weight excluding hydrogens is 591 g/mol. The van der Waals surface area contributed by atoms with Gasteiger partial charge in [0.05, 0.1) is 37.4 Å². The van der Waals surface area contributed by atoms with Gasteiger partial charge in [-0.1, -0.05) is 0 Å². The number of rotatable bonds is 15. The Kier molecular flexibility index (Phi) is 13.5. The maximum atomic E-state index is 13.9. The lowest BCUT2D eigenvalue weighted by molar-refractivity contribution is -0.143. The Bertz CT molecular complexity index is 1140. The summed E-state index contributed by atoms with van der Waals surface area (Å²) in [4.78, 5) is 75.8. The first-order valence-electron chi connectivity index (χ1n) is 14.6. The third-order valence-electron chi connectivity index (χ3n) is 7.22. The van der Waals surface area contributed by atoms with Gasteiger partial charge in [-0.25, -0.2) is 0 Å². The Balaban J connectivity index is 2.54. The predicted molar refractivity (Wildman–Crippen MR) is 160 cm³/mol. The number of hydrogen-bond acceptors (Lipinski definition) is 12. The molecule has 1 aliphatic heterocycles. The van der Waals surface area contributed by atoms with E-state index in [1.165, 1.54) is 43.6 Å². The third kappa shape index (κ3) is 11.5. The minimum Gasteiger partial charge on any atom is -0.464 e. The topological polar surface area (TPSA) is 164 Å². The minimum absolute atomic E-state index is 0.0133. The van der Waals surface area contributed by atoms with E-state index in [9.17, 15) is 28.8 Å². The van der Waals surface area contributed by atoms with Crippen LogP contribution in [0, 0.1) is 0 Å². The minimum atomic E-state index is -0.930. The van der Waals surface area contributed by atoms with Gasteiger partial charge in [-0.05, 0) is 51.4 Å². The lowest BCUT2D eigenvalue weighted by Gasteiger charge is -2.32. The molecule has 1 aromatic rings. The quantitative estimate of drug-likeness (QED) is 0.154. The van der Waals surface area contributed by atoms with E-state index in [2.05, 4.69) is 0 Å². The van der Waals surface area contributed by atoms with Crippen LogP contribution in [0.25, 0.3) is 0 Å². The molecule has 1 heterocycles. The molecule has 14 nitrogen and oxygen atoms in total. The van der Waals surface area contributed by atoms with Crippen molar-refractivity contribution in [3.05, 3.63) is 29.3 Å². The monoisotopic (exact) mass is 634 g/mol. The lowest BCUT2D eigenvalue weighted by atomic mass is 9.77. The number of carbonyl (C=O) groups is 6. The highest BCUT2D eigenvalue weighted by atomic mass is 16.7. The summed E-state index contributed by atoms with van der Waals surface area (Å²) in [7, 11) is -0.930. The number of nitrogens with zero attached hydrogens (tertiary/aromatic N) is 2. The average Bonchev–Trinajstić information content (AvgIpc) is 3.16. The molecule has 248 valence electrons. The van der Waals surface area contributed by atoms with E-state index >= 15 is 0 Å². The standard InChI is InChI=1S/C30H43BN2O12/c1-20(34)40-13-9-32(10-14-41-21(2)35)27(38)24-17-25(19-26(18-24)31-44-29(5,6)30(7,8)45-31)28(39)33(11-15-42-22(3)36)12-16-43-23(4)37/h17-19H,9-16H2,1-8H3. The van der Waals surface area contributed by atoms with E-state index in [0.29, 0.717) is 5.46 Å². The molecule has 2 amide bonds. The van der Waals surface area contributed by atoms with Gasteiger partial charge in [-0.15, -0.1) is 0 Å². The smallest absolute Gasteiger partial charge is 0.464 e. The van der Waals surface area contributed by atoms with Crippen molar-refractivity contribution < 1.29 is 57.0 Å². The van der Waals surface area contributed by atoms with Crippen LogP contribution in [0.1, 0.15) is 76.1 Å². The van der Waals surface area contributed by atoms with Gasteiger partial charge in [0.25, 0.3) is 11.8 Å². The van der Waals surface area contributed by atoms with Crippen molar-refractivity contribution in [1.29, 1.82) is 0 Å². The third-order valence-corrected chi connectivity index (χ3v) is 7.22. The largest absolute Gasteiger partial charge is 0.494 e. The summed E-state index contributed by atoms with van der Waals surface area (Å²) < 4.78 is 32.5. The predicted octanol–water partition coefficient (Wildman–Crippen LogP) is 1.12. The molecule has 0 aromatic heterocycles. The van der Waals surface area contributed by atoms with Crippen LogP contribution in [-0.4, -0.2) is 116 Å². The Hall–Kier alpha value is -3.98. The number of carbonyl (C=O) groups excluding carboxylic acids is 6. The van der Waals surface area contributed by atoms with Crippen molar-refractivity contribution in [3.63, 3.8) is 0 Å². The second-order valence-corrected chi connectivity index (χ2v) is 11.4. The van der Waals surface area contributed by atoms with Gasteiger partial charge in [0.2, 0.25) is 0 Å². The molecule has 1 fully saturated rings.